The summed E-state index contributed by atoms with van der Waals surface area (Å²) in [5.74, 6) is 0.691. The number of amides is 2. The zero-order valence-corrected chi connectivity index (χ0v) is 19.0. The zero-order chi connectivity index (χ0) is 22.8. The topological polar surface area (TPSA) is 86.8 Å². The SMILES string of the molecule is CC(=O)N1CCC(Nc2cc(C(=O)NCC3CN4Cc5ccccc5CC4O3)ccn2)CC1. The molecule has 1 aromatic heterocycles. The molecule has 0 aliphatic carbocycles. The number of piperidine rings is 1. The molecule has 5 rings (SSSR count). The van der Waals surface area contributed by atoms with Crippen molar-refractivity contribution in [1.82, 2.24) is 20.1 Å². The summed E-state index contributed by atoms with van der Waals surface area (Å²) in [6, 6.07) is 12.3. The molecule has 0 saturated carbocycles. The van der Waals surface area contributed by atoms with Gasteiger partial charge in [0, 0.05) is 63.9 Å². The molecule has 3 aliphatic heterocycles. The second-order valence-corrected chi connectivity index (χ2v) is 9.18. The number of nitrogens with zero attached hydrogens (tertiary/aromatic N) is 3. The molecule has 2 N–H and O–H groups in total. The molecule has 1 aromatic carbocycles. The van der Waals surface area contributed by atoms with Crippen LogP contribution in [0.25, 0.3) is 0 Å². The Morgan fingerprint density at radius 3 is 2.73 bits per heavy atom. The van der Waals surface area contributed by atoms with Crippen molar-refractivity contribution in [3.05, 3.63) is 59.3 Å². The second-order valence-electron chi connectivity index (χ2n) is 9.18. The molecule has 33 heavy (non-hydrogen) atoms. The van der Waals surface area contributed by atoms with E-state index in [4.69, 9.17) is 4.74 Å². The number of rotatable bonds is 5. The molecule has 174 valence electrons. The van der Waals surface area contributed by atoms with Crippen LogP contribution >= 0.6 is 0 Å². The van der Waals surface area contributed by atoms with Gasteiger partial charge in [-0.2, -0.15) is 0 Å². The van der Waals surface area contributed by atoms with Crippen molar-refractivity contribution in [3.8, 4) is 0 Å². The number of likely N-dealkylation sites (tertiary alicyclic amines) is 1. The number of hydrogen-bond acceptors (Lipinski definition) is 6. The highest BCUT2D eigenvalue weighted by molar-refractivity contribution is 5.94. The number of hydrogen-bond donors (Lipinski definition) is 2. The summed E-state index contributed by atoms with van der Waals surface area (Å²) in [4.78, 5) is 32.9. The van der Waals surface area contributed by atoms with Gasteiger partial charge in [0.2, 0.25) is 5.91 Å². The van der Waals surface area contributed by atoms with Crippen LogP contribution in [0.2, 0.25) is 0 Å². The van der Waals surface area contributed by atoms with E-state index in [1.54, 1.807) is 25.3 Å². The van der Waals surface area contributed by atoms with Crippen molar-refractivity contribution in [1.29, 1.82) is 0 Å². The number of fused-ring (bicyclic) bond motifs is 2. The second kappa shape index (κ2) is 9.49. The Bertz CT molecular complexity index is 988. The van der Waals surface area contributed by atoms with Crippen LogP contribution in [0.1, 0.15) is 41.3 Å². The molecule has 8 nitrogen and oxygen atoms in total. The highest BCUT2D eigenvalue weighted by Crippen LogP contribution is 2.29. The lowest BCUT2D eigenvalue weighted by Gasteiger charge is -2.32. The van der Waals surface area contributed by atoms with Crippen molar-refractivity contribution in [2.45, 2.75) is 51.1 Å². The lowest BCUT2D eigenvalue weighted by atomic mass is 9.99. The van der Waals surface area contributed by atoms with E-state index in [0.717, 1.165) is 45.4 Å². The molecule has 2 aromatic rings. The molecule has 2 amide bonds. The Hall–Kier alpha value is -2.97. The van der Waals surface area contributed by atoms with Crippen LogP contribution < -0.4 is 10.6 Å². The first-order chi connectivity index (χ1) is 16.0. The maximum absolute atomic E-state index is 12.8. The molecule has 0 bridgehead atoms. The Labute approximate surface area is 194 Å². The lowest BCUT2D eigenvalue weighted by Crippen LogP contribution is -2.41. The van der Waals surface area contributed by atoms with Gasteiger partial charge in [-0.3, -0.25) is 14.5 Å². The Morgan fingerprint density at radius 2 is 1.94 bits per heavy atom. The molecular formula is C25H31N5O3. The number of carbonyl (C=O) groups excluding carboxylic acids is 2. The Kier molecular flexibility index (Phi) is 6.28. The lowest BCUT2D eigenvalue weighted by molar-refractivity contribution is -0.129. The van der Waals surface area contributed by atoms with Gasteiger partial charge in [-0.1, -0.05) is 24.3 Å². The molecule has 2 unspecified atom stereocenters. The van der Waals surface area contributed by atoms with Crippen molar-refractivity contribution in [3.63, 3.8) is 0 Å². The van der Waals surface area contributed by atoms with Crippen LogP contribution in [0, 0.1) is 0 Å². The fraction of sp³-hybridized carbons (Fsp3) is 0.480. The van der Waals surface area contributed by atoms with Gasteiger partial charge >= 0.3 is 0 Å². The van der Waals surface area contributed by atoms with E-state index < -0.39 is 0 Å². The Morgan fingerprint density at radius 1 is 1.15 bits per heavy atom. The number of benzene rings is 1. The summed E-state index contributed by atoms with van der Waals surface area (Å²) in [6.45, 7) is 5.31. The molecule has 3 aliphatic rings. The smallest absolute Gasteiger partial charge is 0.251 e. The average molecular weight is 450 g/mol. The van der Waals surface area contributed by atoms with Gasteiger partial charge in [-0.05, 0) is 36.1 Å². The van der Waals surface area contributed by atoms with Gasteiger partial charge < -0.3 is 20.3 Å². The molecule has 2 fully saturated rings. The number of anilines is 1. The first-order valence-corrected chi connectivity index (χ1v) is 11.8. The molecule has 4 heterocycles. The number of nitrogens with one attached hydrogen (secondary N) is 2. The fourth-order valence-electron chi connectivity index (χ4n) is 5.01. The van der Waals surface area contributed by atoms with Gasteiger partial charge in [-0.25, -0.2) is 4.98 Å². The maximum atomic E-state index is 12.8. The van der Waals surface area contributed by atoms with Crippen LogP contribution in [0.15, 0.2) is 42.6 Å². The first-order valence-electron chi connectivity index (χ1n) is 11.8. The number of pyridine rings is 1. The first kappa shape index (κ1) is 21.9. The van der Waals surface area contributed by atoms with E-state index in [-0.39, 0.29) is 30.2 Å². The summed E-state index contributed by atoms with van der Waals surface area (Å²) in [7, 11) is 0. The summed E-state index contributed by atoms with van der Waals surface area (Å²) in [5.41, 5.74) is 3.30. The predicted octanol–water partition coefficient (Wildman–Crippen LogP) is 2.02. The summed E-state index contributed by atoms with van der Waals surface area (Å²) >= 11 is 0. The molecule has 2 atom stereocenters. The van der Waals surface area contributed by atoms with Gasteiger partial charge in [0.25, 0.3) is 5.91 Å². The minimum absolute atomic E-state index is 0.0147. The van der Waals surface area contributed by atoms with Crippen LogP contribution in [0.5, 0.6) is 0 Å². The number of aromatic nitrogens is 1. The van der Waals surface area contributed by atoms with Crippen molar-refractivity contribution in [2.24, 2.45) is 0 Å². The van der Waals surface area contributed by atoms with Crippen LogP contribution in [-0.2, 0) is 22.5 Å². The standard InChI is InChI=1S/C25H31N5O3/c1-17(31)29-10-7-21(8-11-29)28-23-12-19(6-9-26-23)25(32)27-14-22-16-30-15-20-5-3-2-4-18(20)13-24(30)33-22/h2-6,9,12,21-22,24H,7-8,10-11,13-16H2,1H3,(H,26,28)(H,27,32). The van der Waals surface area contributed by atoms with Crippen molar-refractivity contribution in [2.75, 3.05) is 31.5 Å². The molecule has 0 radical (unpaired) electrons. The minimum atomic E-state index is -0.122. The Balaban J connectivity index is 1.11. The van der Waals surface area contributed by atoms with Crippen LogP contribution in [-0.4, -0.2) is 71.2 Å². The number of ether oxygens (including phenoxy) is 1. The van der Waals surface area contributed by atoms with E-state index in [2.05, 4.69) is 44.8 Å². The summed E-state index contributed by atoms with van der Waals surface area (Å²) < 4.78 is 6.22. The van der Waals surface area contributed by atoms with Gasteiger partial charge in [0.1, 0.15) is 12.0 Å². The molecule has 2 saturated heterocycles. The summed E-state index contributed by atoms with van der Waals surface area (Å²) in [6.07, 6.45) is 4.37. The third-order valence-electron chi connectivity index (χ3n) is 6.89. The molecule has 8 heteroatoms. The minimum Gasteiger partial charge on any atom is -0.367 e. The van der Waals surface area contributed by atoms with Crippen LogP contribution in [0.3, 0.4) is 0 Å². The maximum Gasteiger partial charge on any atom is 0.251 e. The number of carbonyl (C=O) groups is 2. The van der Waals surface area contributed by atoms with E-state index >= 15 is 0 Å². The fourth-order valence-corrected chi connectivity index (χ4v) is 5.01. The van der Waals surface area contributed by atoms with Crippen molar-refractivity contribution < 1.29 is 14.3 Å². The highest BCUT2D eigenvalue weighted by atomic mass is 16.5. The molecular weight excluding hydrogens is 418 g/mol. The van der Waals surface area contributed by atoms with Crippen molar-refractivity contribution >= 4 is 17.6 Å². The van der Waals surface area contributed by atoms with Gasteiger partial charge in [-0.15, -0.1) is 0 Å². The zero-order valence-electron chi connectivity index (χ0n) is 19.0. The van der Waals surface area contributed by atoms with Gasteiger partial charge in [0.05, 0.1) is 6.10 Å². The highest BCUT2D eigenvalue weighted by Gasteiger charge is 2.36. The quantitative estimate of drug-likeness (QED) is 0.726. The summed E-state index contributed by atoms with van der Waals surface area (Å²) in [5, 5.41) is 6.45. The van der Waals surface area contributed by atoms with Crippen LogP contribution in [0.4, 0.5) is 5.82 Å². The van der Waals surface area contributed by atoms with E-state index in [0.29, 0.717) is 17.9 Å². The predicted molar refractivity (Wildman–Crippen MR) is 125 cm³/mol. The van der Waals surface area contributed by atoms with Gasteiger partial charge in [0.15, 0.2) is 0 Å². The third kappa shape index (κ3) is 5.02. The molecule has 0 spiro atoms. The van der Waals surface area contributed by atoms with E-state index in [9.17, 15) is 9.59 Å². The average Bonchev–Trinajstić information content (AvgIpc) is 3.23. The monoisotopic (exact) mass is 449 g/mol. The van der Waals surface area contributed by atoms with E-state index in [1.165, 1.54) is 11.1 Å². The normalized spacial score (nSPS) is 23.0. The third-order valence-corrected chi connectivity index (χ3v) is 6.89. The largest absolute Gasteiger partial charge is 0.367 e. The van der Waals surface area contributed by atoms with E-state index in [1.807, 2.05) is 4.90 Å².